The summed E-state index contributed by atoms with van der Waals surface area (Å²) in [6.07, 6.45) is 3.47. The van der Waals surface area contributed by atoms with Crippen LogP contribution in [0.5, 0.6) is 11.5 Å². The average Bonchev–Trinajstić information content (AvgIpc) is 2.76. The van der Waals surface area contributed by atoms with Crippen molar-refractivity contribution in [2.45, 2.75) is 32.6 Å². The Bertz CT molecular complexity index is 920. The largest absolute Gasteiger partial charge is 0.497 e. The van der Waals surface area contributed by atoms with E-state index in [-0.39, 0.29) is 11.5 Å². The van der Waals surface area contributed by atoms with E-state index in [0.717, 1.165) is 31.2 Å². The van der Waals surface area contributed by atoms with Crippen molar-refractivity contribution in [3.05, 3.63) is 58.6 Å². The van der Waals surface area contributed by atoms with Crippen molar-refractivity contribution in [2.24, 2.45) is 0 Å². The minimum Gasteiger partial charge on any atom is -0.497 e. The monoisotopic (exact) mass is 490 g/mol. The van der Waals surface area contributed by atoms with Gasteiger partial charge in [0.1, 0.15) is 11.5 Å². The fourth-order valence-electron chi connectivity index (χ4n) is 2.91. The molecule has 0 spiro atoms. The second kappa shape index (κ2) is 12.2. The number of carboxylic acid groups (broad SMARTS) is 1. The maximum absolute atomic E-state index is 11.7. The first-order valence-electron chi connectivity index (χ1n) is 10.0. The van der Waals surface area contributed by atoms with Gasteiger partial charge in [0.25, 0.3) is 0 Å². The number of methoxy groups -OCH3 is 1. The molecule has 31 heavy (non-hydrogen) atoms. The Kier molecular flexibility index (Phi) is 9.59. The number of esters is 1. The summed E-state index contributed by atoms with van der Waals surface area (Å²) in [7, 11) is 1.58. The number of carbonyl (C=O) groups is 2. The Labute approximate surface area is 191 Å². The van der Waals surface area contributed by atoms with Crippen LogP contribution in [0.15, 0.2) is 53.0 Å². The molecule has 1 N–H and O–H groups in total. The lowest BCUT2D eigenvalue weighted by Gasteiger charge is -2.15. The maximum Gasteiger partial charge on any atom is 0.336 e. The van der Waals surface area contributed by atoms with Crippen LogP contribution >= 0.6 is 15.9 Å². The fourth-order valence-corrected chi connectivity index (χ4v) is 3.60. The second-order valence-electron chi connectivity index (χ2n) is 7.01. The van der Waals surface area contributed by atoms with Crippen LogP contribution in [0.25, 0.3) is 11.1 Å². The summed E-state index contributed by atoms with van der Waals surface area (Å²) in [5.74, 6) is -0.0826. The highest BCUT2D eigenvalue weighted by Crippen LogP contribution is 2.39. The molecule has 0 amide bonds. The third-order valence-corrected chi connectivity index (χ3v) is 5.38. The molecular formula is C24H27BrO6. The Morgan fingerprint density at radius 2 is 1.65 bits per heavy atom. The molecule has 0 atom stereocenters. The molecule has 0 saturated carbocycles. The molecule has 6 nitrogen and oxygen atoms in total. The molecule has 0 unspecified atom stereocenters. The molecule has 0 heterocycles. The van der Waals surface area contributed by atoms with E-state index in [1.165, 1.54) is 0 Å². The van der Waals surface area contributed by atoms with E-state index in [9.17, 15) is 14.7 Å². The lowest BCUT2D eigenvalue weighted by molar-refractivity contribution is -0.139. The van der Waals surface area contributed by atoms with E-state index in [0.29, 0.717) is 40.3 Å². The number of carboxylic acids is 1. The van der Waals surface area contributed by atoms with Gasteiger partial charge in [0.05, 0.1) is 30.4 Å². The van der Waals surface area contributed by atoms with Gasteiger partial charge in [0.15, 0.2) is 0 Å². The number of hydrogen-bond donors (Lipinski definition) is 1. The van der Waals surface area contributed by atoms with E-state index in [2.05, 4.69) is 22.5 Å². The van der Waals surface area contributed by atoms with Crippen LogP contribution in [0.1, 0.15) is 43.0 Å². The van der Waals surface area contributed by atoms with Gasteiger partial charge < -0.3 is 19.3 Å². The smallest absolute Gasteiger partial charge is 0.336 e. The van der Waals surface area contributed by atoms with Crippen molar-refractivity contribution in [1.82, 2.24) is 0 Å². The van der Waals surface area contributed by atoms with Gasteiger partial charge in [0.2, 0.25) is 0 Å². The summed E-state index contributed by atoms with van der Waals surface area (Å²) in [5, 5.41) is 9.60. The van der Waals surface area contributed by atoms with Crippen LogP contribution in [-0.4, -0.2) is 37.4 Å². The first kappa shape index (κ1) is 24.5. The molecule has 7 heteroatoms. The summed E-state index contributed by atoms with van der Waals surface area (Å²) >= 11 is 3.53. The van der Waals surface area contributed by atoms with Crippen molar-refractivity contribution in [1.29, 1.82) is 0 Å². The highest BCUT2D eigenvalue weighted by atomic mass is 79.9. The molecule has 2 rings (SSSR count). The van der Waals surface area contributed by atoms with Gasteiger partial charge >= 0.3 is 11.9 Å². The van der Waals surface area contributed by atoms with E-state index in [1.807, 2.05) is 12.1 Å². The predicted octanol–water partition coefficient (Wildman–Crippen LogP) is 5.88. The summed E-state index contributed by atoms with van der Waals surface area (Å²) in [6.45, 7) is 6.06. The normalized spacial score (nSPS) is 10.4. The van der Waals surface area contributed by atoms with E-state index >= 15 is 0 Å². The van der Waals surface area contributed by atoms with Crippen molar-refractivity contribution in [3.8, 4) is 22.6 Å². The molecule has 0 aliphatic carbocycles. The zero-order valence-corrected chi connectivity index (χ0v) is 19.4. The molecule has 166 valence electrons. The van der Waals surface area contributed by atoms with Crippen molar-refractivity contribution in [3.63, 3.8) is 0 Å². The van der Waals surface area contributed by atoms with Crippen LogP contribution in [0.2, 0.25) is 0 Å². The fraction of sp³-hybridized carbons (Fsp3) is 0.333. The lowest BCUT2D eigenvalue weighted by atomic mass is 9.99. The summed E-state index contributed by atoms with van der Waals surface area (Å²) < 4.78 is 16.7. The van der Waals surface area contributed by atoms with Gasteiger partial charge in [-0.1, -0.05) is 18.7 Å². The first-order chi connectivity index (χ1) is 14.8. The average molecular weight is 491 g/mol. The van der Waals surface area contributed by atoms with Crippen LogP contribution in [-0.2, 0) is 9.53 Å². The van der Waals surface area contributed by atoms with Crippen molar-refractivity contribution in [2.75, 3.05) is 20.3 Å². The quantitative estimate of drug-likeness (QED) is 0.227. The predicted molar refractivity (Wildman–Crippen MR) is 123 cm³/mol. The van der Waals surface area contributed by atoms with Gasteiger partial charge in [-0.15, -0.1) is 0 Å². The molecular weight excluding hydrogens is 464 g/mol. The first-order valence-corrected chi connectivity index (χ1v) is 10.8. The SMILES string of the molecule is C=C(C)C(=O)OCCCCCCOc1ccc(C(=O)O)c(-c2ccc(OC)cc2)c1Br. The third-order valence-electron chi connectivity index (χ3n) is 4.59. The number of unbranched alkanes of at least 4 members (excludes halogenated alkanes) is 3. The van der Waals surface area contributed by atoms with Gasteiger partial charge in [0, 0.05) is 11.1 Å². The maximum atomic E-state index is 11.7. The van der Waals surface area contributed by atoms with E-state index in [4.69, 9.17) is 14.2 Å². The number of benzene rings is 2. The Morgan fingerprint density at radius 1 is 1.00 bits per heavy atom. The van der Waals surface area contributed by atoms with Gasteiger partial charge in [-0.25, -0.2) is 9.59 Å². The van der Waals surface area contributed by atoms with Crippen LogP contribution < -0.4 is 9.47 Å². The molecule has 0 aliphatic rings. The zero-order valence-electron chi connectivity index (χ0n) is 17.8. The highest BCUT2D eigenvalue weighted by molar-refractivity contribution is 9.10. The molecule has 2 aromatic rings. The minimum atomic E-state index is -1.01. The molecule has 0 saturated heterocycles. The number of halogens is 1. The third kappa shape index (κ3) is 7.14. The standard InChI is InChI=1S/C24H27BrO6/c1-16(2)24(28)31-15-7-5-4-6-14-30-20-13-12-19(23(26)27)21(22(20)25)17-8-10-18(29-3)11-9-17/h8-13H,1,4-7,14-15H2,2-3H3,(H,26,27). The van der Waals surface area contributed by atoms with Crippen molar-refractivity contribution >= 4 is 27.9 Å². The van der Waals surface area contributed by atoms with Gasteiger partial charge in [-0.2, -0.15) is 0 Å². The number of rotatable bonds is 12. The summed E-state index contributed by atoms with van der Waals surface area (Å²) in [4.78, 5) is 23.0. The Hall–Kier alpha value is -2.80. The summed E-state index contributed by atoms with van der Waals surface area (Å²) in [5.41, 5.74) is 1.91. The number of hydrogen-bond acceptors (Lipinski definition) is 5. The van der Waals surface area contributed by atoms with Gasteiger partial charge in [-0.05, 0) is 78.4 Å². The highest BCUT2D eigenvalue weighted by Gasteiger charge is 2.18. The number of carbonyl (C=O) groups excluding carboxylic acids is 1. The van der Waals surface area contributed by atoms with E-state index in [1.54, 1.807) is 38.3 Å². The van der Waals surface area contributed by atoms with E-state index < -0.39 is 5.97 Å². The topological polar surface area (TPSA) is 82.1 Å². The van der Waals surface area contributed by atoms with Crippen LogP contribution in [0.4, 0.5) is 0 Å². The Morgan fingerprint density at radius 3 is 2.23 bits per heavy atom. The minimum absolute atomic E-state index is 0.189. The van der Waals surface area contributed by atoms with Crippen LogP contribution in [0, 0.1) is 0 Å². The summed E-state index contributed by atoms with van der Waals surface area (Å²) in [6, 6.07) is 10.4. The van der Waals surface area contributed by atoms with Crippen LogP contribution in [0.3, 0.4) is 0 Å². The molecule has 0 aromatic heterocycles. The van der Waals surface area contributed by atoms with Crippen molar-refractivity contribution < 1.29 is 28.9 Å². The number of ether oxygens (including phenoxy) is 3. The second-order valence-corrected chi connectivity index (χ2v) is 7.81. The molecule has 0 fully saturated rings. The molecule has 0 bridgehead atoms. The molecule has 0 radical (unpaired) electrons. The zero-order chi connectivity index (χ0) is 22.8. The molecule has 0 aliphatic heterocycles. The molecule has 2 aromatic carbocycles. The lowest BCUT2D eigenvalue weighted by Crippen LogP contribution is -2.06. The Balaban J connectivity index is 1.94. The van der Waals surface area contributed by atoms with Gasteiger partial charge in [-0.3, -0.25) is 0 Å². The number of aromatic carboxylic acids is 1.